The van der Waals surface area contributed by atoms with Crippen LogP contribution in [0.4, 0.5) is 0 Å². The summed E-state index contributed by atoms with van der Waals surface area (Å²) < 4.78 is 0. The lowest BCUT2D eigenvalue weighted by Gasteiger charge is -2.07. The summed E-state index contributed by atoms with van der Waals surface area (Å²) in [6.45, 7) is 4.35. The molecule has 88 valence electrons. The van der Waals surface area contributed by atoms with E-state index in [9.17, 15) is 4.79 Å². The number of nitriles is 1. The van der Waals surface area contributed by atoms with Gasteiger partial charge in [-0.15, -0.1) is 0 Å². The second kappa shape index (κ2) is 4.33. The van der Waals surface area contributed by atoms with Gasteiger partial charge < -0.3 is 0 Å². The van der Waals surface area contributed by atoms with Gasteiger partial charge in [0.25, 0.3) is 0 Å². The normalized spacial score (nSPS) is 16.6. The third-order valence-electron chi connectivity index (χ3n) is 3.26. The highest BCUT2D eigenvalue weighted by molar-refractivity contribution is 6.04. The highest BCUT2D eigenvalue weighted by Gasteiger charge is 2.50. The molecule has 1 saturated carbocycles. The van der Waals surface area contributed by atoms with E-state index in [1.54, 1.807) is 0 Å². The molecule has 1 aromatic rings. The topological polar surface area (TPSA) is 40.9 Å². The number of carbonyl (C=O) groups is 1. The largest absolute Gasteiger partial charge is 0.292 e. The Balaban J connectivity index is 2.14. The average Bonchev–Trinajstić information content (AvgIpc) is 3.09. The molecule has 2 nitrogen and oxygen atoms in total. The van der Waals surface area contributed by atoms with Gasteiger partial charge in [0.05, 0.1) is 6.07 Å². The molecule has 17 heavy (non-hydrogen) atoms. The number of hydrogen-bond donors (Lipinski definition) is 0. The first-order valence-electron chi connectivity index (χ1n) is 6.12. The molecule has 2 rings (SSSR count). The summed E-state index contributed by atoms with van der Waals surface area (Å²) in [5, 5.41) is 8.99. The van der Waals surface area contributed by atoms with Crippen LogP contribution < -0.4 is 0 Å². The predicted molar refractivity (Wildman–Crippen MR) is 66.6 cm³/mol. The third-order valence-corrected chi connectivity index (χ3v) is 3.26. The minimum atomic E-state index is -0.695. The van der Waals surface area contributed by atoms with E-state index in [0.29, 0.717) is 11.5 Å². The fraction of sp³-hybridized carbons (Fsp3) is 0.467. The first kappa shape index (κ1) is 11.9. The SMILES string of the molecule is CC(C)Cc1ccc(C(=O)C2(C#N)CC2)cc1. The maximum absolute atomic E-state index is 12.1. The molecular weight excluding hydrogens is 210 g/mol. The lowest BCUT2D eigenvalue weighted by atomic mass is 9.94. The Hall–Kier alpha value is -1.62. The molecule has 1 aromatic carbocycles. The summed E-state index contributed by atoms with van der Waals surface area (Å²) in [6.07, 6.45) is 2.46. The Morgan fingerprint density at radius 1 is 1.35 bits per heavy atom. The van der Waals surface area contributed by atoms with Crippen LogP contribution in [0.1, 0.15) is 42.6 Å². The predicted octanol–water partition coefficient (Wildman–Crippen LogP) is 3.37. The van der Waals surface area contributed by atoms with Crippen LogP contribution >= 0.6 is 0 Å². The number of hydrogen-bond acceptors (Lipinski definition) is 2. The maximum atomic E-state index is 12.1. The first-order valence-corrected chi connectivity index (χ1v) is 6.12. The smallest absolute Gasteiger partial charge is 0.183 e. The van der Waals surface area contributed by atoms with Crippen molar-refractivity contribution in [3.05, 3.63) is 35.4 Å². The standard InChI is InChI=1S/C15H17NO/c1-11(2)9-12-3-5-13(6-4-12)14(17)15(10-16)7-8-15/h3-6,11H,7-9H2,1-2H3. The summed E-state index contributed by atoms with van der Waals surface area (Å²) in [5.41, 5.74) is 1.23. The fourth-order valence-corrected chi connectivity index (χ4v) is 2.05. The number of nitrogens with zero attached hydrogens (tertiary/aromatic N) is 1. The molecule has 0 heterocycles. The second-order valence-corrected chi connectivity index (χ2v) is 5.32. The Labute approximate surface area is 102 Å². The summed E-state index contributed by atoms with van der Waals surface area (Å²) in [5.74, 6) is 0.613. The molecule has 0 bridgehead atoms. The van der Waals surface area contributed by atoms with Crippen molar-refractivity contribution in [2.45, 2.75) is 33.1 Å². The zero-order chi connectivity index (χ0) is 12.5. The van der Waals surface area contributed by atoms with Crippen molar-refractivity contribution in [2.24, 2.45) is 11.3 Å². The van der Waals surface area contributed by atoms with Crippen molar-refractivity contribution >= 4 is 5.78 Å². The van der Waals surface area contributed by atoms with E-state index in [1.165, 1.54) is 5.56 Å². The second-order valence-electron chi connectivity index (χ2n) is 5.32. The third kappa shape index (κ3) is 2.39. The van der Waals surface area contributed by atoms with Crippen LogP contribution in [0.2, 0.25) is 0 Å². The lowest BCUT2D eigenvalue weighted by molar-refractivity contribution is 0.0934. The van der Waals surface area contributed by atoms with Gasteiger partial charge in [0.15, 0.2) is 5.78 Å². The van der Waals surface area contributed by atoms with Crippen LogP contribution in [0.25, 0.3) is 0 Å². The number of benzene rings is 1. The van der Waals surface area contributed by atoms with E-state index in [1.807, 2.05) is 24.3 Å². The number of ketones is 1. The van der Waals surface area contributed by atoms with Gasteiger partial charge in [0, 0.05) is 5.56 Å². The van der Waals surface area contributed by atoms with Gasteiger partial charge in [0.1, 0.15) is 5.41 Å². The summed E-state index contributed by atoms with van der Waals surface area (Å²) in [7, 11) is 0. The molecule has 1 fully saturated rings. The van der Waals surface area contributed by atoms with E-state index in [0.717, 1.165) is 19.3 Å². The van der Waals surface area contributed by atoms with Crippen molar-refractivity contribution < 1.29 is 4.79 Å². The Morgan fingerprint density at radius 2 is 1.94 bits per heavy atom. The number of carbonyl (C=O) groups excluding carboxylic acids is 1. The number of Topliss-reactive ketones (excluding diaryl/α,β-unsaturated/α-hetero) is 1. The van der Waals surface area contributed by atoms with Crippen LogP contribution in [0, 0.1) is 22.7 Å². The Bertz CT molecular complexity index is 461. The molecule has 1 aliphatic carbocycles. The Kier molecular flexibility index (Phi) is 3.02. The van der Waals surface area contributed by atoms with Crippen LogP contribution in [0.3, 0.4) is 0 Å². The van der Waals surface area contributed by atoms with Crippen molar-refractivity contribution in [1.82, 2.24) is 0 Å². The molecule has 0 aromatic heterocycles. The lowest BCUT2D eigenvalue weighted by Crippen LogP contribution is -2.13. The molecular formula is C15H17NO. The van der Waals surface area contributed by atoms with Crippen molar-refractivity contribution in [1.29, 1.82) is 5.26 Å². The minimum absolute atomic E-state index is 0.00361. The molecule has 0 saturated heterocycles. The fourth-order valence-electron chi connectivity index (χ4n) is 2.05. The summed E-state index contributed by atoms with van der Waals surface area (Å²) in [4.78, 5) is 12.1. The van der Waals surface area contributed by atoms with Gasteiger partial charge in [-0.2, -0.15) is 5.26 Å². The van der Waals surface area contributed by atoms with Gasteiger partial charge in [-0.1, -0.05) is 38.1 Å². The minimum Gasteiger partial charge on any atom is -0.292 e. The van der Waals surface area contributed by atoms with Gasteiger partial charge in [0.2, 0.25) is 0 Å². The molecule has 2 heteroatoms. The van der Waals surface area contributed by atoms with Crippen LogP contribution in [-0.4, -0.2) is 5.78 Å². The molecule has 0 radical (unpaired) electrons. The molecule has 0 amide bonds. The molecule has 0 aliphatic heterocycles. The van der Waals surface area contributed by atoms with E-state index in [4.69, 9.17) is 5.26 Å². The van der Waals surface area contributed by atoms with Crippen molar-refractivity contribution in [2.75, 3.05) is 0 Å². The molecule has 0 N–H and O–H groups in total. The molecule has 0 atom stereocenters. The van der Waals surface area contributed by atoms with E-state index in [-0.39, 0.29) is 5.78 Å². The van der Waals surface area contributed by atoms with E-state index >= 15 is 0 Å². The van der Waals surface area contributed by atoms with Crippen molar-refractivity contribution in [3.8, 4) is 6.07 Å². The molecule has 0 unspecified atom stereocenters. The van der Waals surface area contributed by atoms with Crippen LogP contribution in [0.15, 0.2) is 24.3 Å². The van der Waals surface area contributed by atoms with Crippen LogP contribution in [-0.2, 0) is 6.42 Å². The zero-order valence-electron chi connectivity index (χ0n) is 10.4. The zero-order valence-corrected chi connectivity index (χ0v) is 10.4. The van der Waals surface area contributed by atoms with E-state index in [2.05, 4.69) is 19.9 Å². The van der Waals surface area contributed by atoms with Gasteiger partial charge >= 0.3 is 0 Å². The first-order chi connectivity index (χ1) is 8.07. The van der Waals surface area contributed by atoms with Gasteiger partial charge in [-0.25, -0.2) is 0 Å². The monoisotopic (exact) mass is 227 g/mol. The van der Waals surface area contributed by atoms with Gasteiger partial charge in [-0.3, -0.25) is 4.79 Å². The highest BCUT2D eigenvalue weighted by Crippen LogP contribution is 2.47. The van der Waals surface area contributed by atoms with Crippen LogP contribution in [0.5, 0.6) is 0 Å². The molecule has 0 spiro atoms. The quantitative estimate of drug-likeness (QED) is 0.740. The van der Waals surface area contributed by atoms with Crippen molar-refractivity contribution in [3.63, 3.8) is 0 Å². The average molecular weight is 227 g/mol. The highest BCUT2D eigenvalue weighted by atomic mass is 16.1. The Morgan fingerprint density at radius 3 is 2.35 bits per heavy atom. The summed E-state index contributed by atoms with van der Waals surface area (Å²) >= 11 is 0. The maximum Gasteiger partial charge on any atom is 0.183 e. The van der Waals surface area contributed by atoms with Gasteiger partial charge in [-0.05, 0) is 30.7 Å². The number of rotatable bonds is 4. The van der Waals surface area contributed by atoms with E-state index < -0.39 is 5.41 Å². The summed E-state index contributed by atoms with van der Waals surface area (Å²) in [6, 6.07) is 9.87. The molecule has 1 aliphatic rings.